The lowest BCUT2D eigenvalue weighted by Crippen LogP contribution is -2.42. The van der Waals surface area contributed by atoms with Gasteiger partial charge in [0, 0.05) is 51.2 Å². The average Bonchev–Trinajstić information content (AvgIpc) is 2.46. The van der Waals surface area contributed by atoms with Crippen molar-refractivity contribution in [1.82, 2.24) is 15.2 Å². The number of piperidine rings is 1. The molecule has 0 bridgehead atoms. The van der Waals surface area contributed by atoms with Crippen molar-refractivity contribution in [3.8, 4) is 5.88 Å². The number of hydrogen-bond acceptors (Lipinski definition) is 4. The summed E-state index contributed by atoms with van der Waals surface area (Å²) in [7, 11) is 1.86. The number of carbonyl (C=O) groups excluding carboxylic acids is 1. The molecule has 120 valence electrons. The zero-order chi connectivity index (χ0) is 13.5. The van der Waals surface area contributed by atoms with Crippen LogP contribution in [0.15, 0.2) is 24.4 Å². The van der Waals surface area contributed by atoms with E-state index in [1.165, 1.54) is 0 Å². The van der Waals surface area contributed by atoms with E-state index in [1.54, 1.807) is 6.20 Å². The summed E-state index contributed by atoms with van der Waals surface area (Å²) in [5, 5.41) is 3.00. The number of aromatic nitrogens is 1. The summed E-state index contributed by atoms with van der Waals surface area (Å²) in [6.07, 6.45) is 4.22. The molecule has 1 aromatic rings. The number of nitrogens with one attached hydrogen (secondary N) is 1. The van der Waals surface area contributed by atoms with Crippen molar-refractivity contribution in [3.05, 3.63) is 24.4 Å². The molecule has 2 heterocycles. The minimum Gasteiger partial charge on any atom is -0.474 e. The number of halogens is 2. The molecule has 0 unspecified atom stereocenters. The van der Waals surface area contributed by atoms with Gasteiger partial charge in [-0.05, 0) is 13.1 Å². The van der Waals surface area contributed by atoms with Crippen molar-refractivity contribution in [2.75, 3.05) is 26.7 Å². The van der Waals surface area contributed by atoms with Crippen LogP contribution in [0.2, 0.25) is 0 Å². The molecule has 1 aliphatic rings. The lowest BCUT2D eigenvalue weighted by molar-refractivity contribution is -0.132. The molecule has 0 aliphatic carbocycles. The third-order valence-corrected chi connectivity index (χ3v) is 3.31. The zero-order valence-corrected chi connectivity index (χ0v) is 13.8. The maximum atomic E-state index is 11.9. The van der Waals surface area contributed by atoms with Crippen molar-refractivity contribution in [2.45, 2.75) is 25.4 Å². The summed E-state index contributed by atoms with van der Waals surface area (Å²) in [5.74, 6) is 0.896. The van der Waals surface area contributed by atoms with Crippen LogP contribution in [0, 0.1) is 0 Å². The number of hydrogen-bond donors (Lipinski definition) is 1. The van der Waals surface area contributed by atoms with E-state index in [9.17, 15) is 4.79 Å². The fraction of sp³-hybridized carbons (Fsp3) is 0.571. The Labute approximate surface area is 138 Å². The summed E-state index contributed by atoms with van der Waals surface area (Å²) in [5.41, 5.74) is 0. The standard InChI is InChI=1S/C14H21N3O2.2ClH/c1-15-9-5-14(18)17-10-6-12(7-11-17)19-13-4-2-3-8-16-13;;/h2-4,8,12,15H,5-7,9-11H2,1H3;2*1H. The monoisotopic (exact) mass is 335 g/mol. The molecule has 5 nitrogen and oxygen atoms in total. The molecule has 21 heavy (non-hydrogen) atoms. The SMILES string of the molecule is CNCCC(=O)N1CCC(Oc2ccccn2)CC1.Cl.Cl. The molecule has 1 aliphatic heterocycles. The number of carbonyl (C=O) groups is 1. The molecule has 1 fully saturated rings. The Morgan fingerprint density at radius 3 is 2.67 bits per heavy atom. The number of nitrogens with zero attached hydrogens (tertiary/aromatic N) is 2. The minimum absolute atomic E-state index is 0. The Morgan fingerprint density at radius 2 is 2.10 bits per heavy atom. The molecule has 0 radical (unpaired) electrons. The molecule has 0 atom stereocenters. The average molecular weight is 336 g/mol. The molecule has 2 rings (SSSR count). The maximum absolute atomic E-state index is 11.9. The maximum Gasteiger partial charge on any atom is 0.223 e. The van der Waals surface area contributed by atoms with Crippen LogP contribution >= 0.6 is 24.8 Å². The van der Waals surface area contributed by atoms with Crippen molar-refractivity contribution in [1.29, 1.82) is 0 Å². The fourth-order valence-corrected chi connectivity index (χ4v) is 2.20. The first kappa shape index (κ1) is 20.0. The number of rotatable bonds is 5. The number of pyridine rings is 1. The predicted molar refractivity (Wildman–Crippen MR) is 87.5 cm³/mol. The molecule has 1 saturated heterocycles. The highest BCUT2D eigenvalue weighted by atomic mass is 35.5. The highest BCUT2D eigenvalue weighted by molar-refractivity contribution is 5.85. The van der Waals surface area contributed by atoms with E-state index in [0.717, 1.165) is 32.5 Å². The van der Waals surface area contributed by atoms with E-state index in [2.05, 4.69) is 10.3 Å². The van der Waals surface area contributed by atoms with Crippen molar-refractivity contribution < 1.29 is 9.53 Å². The number of ether oxygens (including phenoxy) is 1. The van der Waals surface area contributed by atoms with Crippen molar-refractivity contribution in [2.24, 2.45) is 0 Å². The van der Waals surface area contributed by atoms with Crippen molar-refractivity contribution >= 4 is 30.7 Å². The Balaban J connectivity index is 0.00000200. The first-order valence-corrected chi connectivity index (χ1v) is 6.79. The normalized spacial score (nSPS) is 14.8. The van der Waals surface area contributed by atoms with Crippen LogP contribution in [0.5, 0.6) is 5.88 Å². The Morgan fingerprint density at radius 1 is 1.38 bits per heavy atom. The Bertz CT molecular complexity index is 398. The van der Waals surface area contributed by atoms with Gasteiger partial charge in [-0.25, -0.2) is 4.98 Å². The molecule has 1 N–H and O–H groups in total. The van der Waals surface area contributed by atoms with Crippen LogP contribution in [-0.4, -0.2) is 48.6 Å². The van der Waals surface area contributed by atoms with E-state index in [4.69, 9.17) is 4.74 Å². The van der Waals surface area contributed by atoms with Gasteiger partial charge >= 0.3 is 0 Å². The van der Waals surface area contributed by atoms with Crippen LogP contribution in [-0.2, 0) is 4.79 Å². The lowest BCUT2D eigenvalue weighted by atomic mass is 10.1. The van der Waals surface area contributed by atoms with Gasteiger partial charge in [0.15, 0.2) is 0 Å². The molecule has 1 aromatic heterocycles. The van der Waals surface area contributed by atoms with Gasteiger partial charge in [0.1, 0.15) is 6.10 Å². The summed E-state index contributed by atoms with van der Waals surface area (Å²) in [4.78, 5) is 17.9. The van der Waals surface area contributed by atoms with Gasteiger partial charge in [0.25, 0.3) is 0 Å². The number of likely N-dealkylation sites (tertiary alicyclic amines) is 1. The third-order valence-electron chi connectivity index (χ3n) is 3.31. The van der Waals surface area contributed by atoms with Crippen molar-refractivity contribution in [3.63, 3.8) is 0 Å². The van der Waals surface area contributed by atoms with Gasteiger partial charge in [-0.3, -0.25) is 4.79 Å². The van der Waals surface area contributed by atoms with Gasteiger partial charge < -0.3 is 15.0 Å². The minimum atomic E-state index is 0. The lowest BCUT2D eigenvalue weighted by Gasteiger charge is -2.32. The van der Waals surface area contributed by atoms with Gasteiger partial charge in [0.05, 0.1) is 0 Å². The van der Waals surface area contributed by atoms with Crippen LogP contribution in [0.25, 0.3) is 0 Å². The quantitative estimate of drug-likeness (QED) is 0.892. The van der Waals surface area contributed by atoms with Crippen LogP contribution < -0.4 is 10.1 Å². The van der Waals surface area contributed by atoms with E-state index in [0.29, 0.717) is 12.3 Å². The van der Waals surface area contributed by atoms with Gasteiger partial charge in [-0.2, -0.15) is 0 Å². The van der Waals surface area contributed by atoms with E-state index in [-0.39, 0.29) is 36.8 Å². The Kier molecular flexibility index (Phi) is 10.1. The highest BCUT2D eigenvalue weighted by Crippen LogP contribution is 2.17. The van der Waals surface area contributed by atoms with E-state index >= 15 is 0 Å². The summed E-state index contributed by atoms with van der Waals surface area (Å²) >= 11 is 0. The fourth-order valence-electron chi connectivity index (χ4n) is 2.20. The molecule has 7 heteroatoms. The van der Waals surface area contributed by atoms with Gasteiger partial charge in [0.2, 0.25) is 11.8 Å². The smallest absolute Gasteiger partial charge is 0.223 e. The summed E-state index contributed by atoms with van der Waals surface area (Å²) in [6, 6.07) is 5.65. The topological polar surface area (TPSA) is 54.5 Å². The second-order valence-corrected chi connectivity index (χ2v) is 4.72. The van der Waals surface area contributed by atoms with Gasteiger partial charge in [-0.15, -0.1) is 24.8 Å². The summed E-state index contributed by atoms with van der Waals surface area (Å²) in [6.45, 7) is 2.29. The van der Waals surface area contributed by atoms with E-state index < -0.39 is 0 Å². The van der Waals surface area contributed by atoms with Crippen LogP contribution in [0.3, 0.4) is 0 Å². The van der Waals surface area contributed by atoms with Gasteiger partial charge in [-0.1, -0.05) is 6.07 Å². The van der Waals surface area contributed by atoms with Crippen LogP contribution in [0.1, 0.15) is 19.3 Å². The van der Waals surface area contributed by atoms with Crippen LogP contribution in [0.4, 0.5) is 0 Å². The molecule has 1 amide bonds. The molecular weight excluding hydrogens is 313 g/mol. The van der Waals surface area contributed by atoms with E-state index in [1.807, 2.05) is 30.1 Å². The molecule has 0 aromatic carbocycles. The number of amides is 1. The first-order chi connectivity index (χ1) is 9.29. The predicted octanol–water partition coefficient (Wildman–Crippen LogP) is 1.90. The molecule has 0 spiro atoms. The second-order valence-electron chi connectivity index (χ2n) is 4.72. The highest BCUT2D eigenvalue weighted by Gasteiger charge is 2.23. The third kappa shape index (κ3) is 6.50. The second kappa shape index (κ2) is 10.7. The largest absolute Gasteiger partial charge is 0.474 e. The summed E-state index contributed by atoms with van der Waals surface area (Å²) < 4.78 is 5.80. The first-order valence-electron chi connectivity index (χ1n) is 6.79. The molecular formula is C14H23Cl2N3O2. The zero-order valence-electron chi connectivity index (χ0n) is 12.2. The molecule has 0 saturated carbocycles. The Hall–Kier alpha value is -1.04.